The molecule has 1 aromatic heterocycles. The Bertz CT molecular complexity index is 429. The monoisotopic (exact) mass is 254 g/mol. The van der Waals surface area contributed by atoms with E-state index in [4.69, 9.17) is 18.0 Å². The van der Waals surface area contributed by atoms with Crippen molar-refractivity contribution in [2.24, 2.45) is 11.1 Å². The molecule has 1 heterocycles. The highest BCUT2D eigenvalue weighted by Crippen LogP contribution is 2.21. The molecule has 17 heavy (non-hydrogen) atoms. The largest absolute Gasteiger partial charge is 0.392 e. The van der Waals surface area contributed by atoms with Gasteiger partial charge in [-0.25, -0.2) is 0 Å². The highest BCUT2D eigenvalue weighted by Gasteiger charge is 2.34. The van der Waals surface area contributed by atoms with E-state index in [1.165, 1.54) is 0 Å². The van der Waals surface area contributed by atoms with Gasteiger partial charge in [0.05, 0.1) is 16.6 Å². The maximum absolute atomic E-state index is 12.0. The van der Waals surface area contributed by atoms with Gasteiger partial charge in [0.2, 0.25) is 5.91 Å². The molecule has 94 valence electrons. The lowest BCUT2D eigenvalue weighted by Gasteiger charge is -2.25. The number of carbonyl (C=O) groups is 1. The summed E-state index contributed by atoms with van der Waals surface area (Å²) in [6.07, 6.45) is 2.28. The number of carbonyl (C=O) groups excluding carboxylic acids is 1. The molecule has 0 aliphatic carbocycles. The first kappa shape index (κ1) is 13.6. The molecule has 0 bridgehead atoms. The first-order valence-electron chi connectivity index (χ1n) is 5.49. The van der Waals surface area contributed by atoms with Crippen molar-refractivity contribution in [2.75, 3.05) is 0 Å². The SMILES string of the molecule is CCC(C)(C(=O)NCc1cn[nH]c1C)C(N)=S. The summed E-state index contributed by atoms with van der Waals surface area (Å²) < 4.78 is 0. The molecular formula is C11H18N4OS. The minimum Gasteiger partial charge on any atom is -0.392 e. The van der Waals surface area contributed by atoms with Gasteiger partial charge in [0.1, 0.15) is 0 Å². The minimum atomic E-state index is -0.785. The third-order valence-electron chi connectivity index (χ3n) is 3.13. The molecule has 0 saturated heterocycles. The Morgan fingerprint density at radius 1 is 1.71 bits per heavy atom. The number of nitrogens with two attached hydrogens (primary N) is 1. The van der Waals surface area contributed by atoms with Crippen LogP contribution in [-0.4, -0.2) is 21.1 Å². The molecule has 5 nitrogen and oxygen atoms in total. The van der Waals surface area contributed by atoms with Crippen LogP contribution < -0.4 is 11.1 Å². The van der Waals surface area contributed by atoms with E-state index in [0.29, 0.717) is 13.0 Å². The topological polar surface area (TPSA) is 83.8 Å². The van der Waals surface area contributed by atoms with E-state index < -0.39 is 5.41 Å². The van der Waals surface area contributed by atoms with Crippen LogP contribution in [0.3, 0.4) is 0 Å². The quantitative estimate of drug-likeness (QED) is 0.685. The molecule has 1 amide bonds. The van der Waals surface area contributed by atoms with Crippen LogP contribution in [0.4, 0.5) is 0 Å². The predicted octanol–water partition coefficient (Wildman–Crippen LogP) is 1.04. The first-order valence-corrected chi connectivity index (χ1v) is 5.89. The van der Waals surface area contributed by atoms with Crippen molar-refractivity contribution in [1.82, 2.24) is 15.5 Å². The van der Waals surface area contributed by atoms with Crippen molar-refractivity contribution in [2.45, 2.75) is 33.7 Å². The highest BCUT2D eigenvalue weighted by atomic mass is 32.1. The van der Waals surface area contributed by atoms with Gasteiger partial charge in [-0.1, -0.05) is 19.1 Å². The summed E-state index contributed by atoms with van der Waals surface area (Å²) in [5.74, 6) is -0.145. The molecule has 0 radical (unpaired) electrons. The molecule has 0 saturated carbocycles. The van der Waals surface area contributed by atoms with Crippen LogP contribution >= 0.6 is 12.2 Å². The Balaban J connectivity index is 2.67. The lowest BCUT2D eigenvalue weighted by atomic mass is 9.86. The van der Waals surface area contributed by atoms with E-state index in [1.807, 2.05) is 13.8 Å². The van der Waals surface area contributed by atoms with Crippen molar-refractivity contribution >= 4 is 23.1 Å². The number of nitrogens with one attached hydrogen (secondary N) is 2. The van der Waals surface area contributed by atoms with Gasteiger partial charge in [0.15, 0.2) is 0 Å². The summed E-state index contributed by atoms with van der Waals surface area (Å²) in [5.41, 5.74) is 6.73. The molecule has 0 aliphatic rings. The average Bonchev–Trinajstić information content (AvgIpc) is 2.70. The molecular weight excluding hydrogens is 236 g/mol. The van der Waals surface area contributed by atoms with E-state index >= 15 is 0 Å². The number of aromatic amines is 1. The van der Waals surface area contributed by atoms with E-state index in [-0.39, 0.29) is 10.9 Å². The highest BCUT2D eigenvalue weighted by molar-refractivity contribution is 7.80. The van der Waals surface area contributed by atoms with Crippen molar-refractivity contribution in [3.05, 3.63) is 17.5 Å². The fourth-order valence-electron chi connectivity index (χ4n) is 1.37. The van der Waals surface area contributed by atoms with Gasteiger partial charge in [-0.3, -0.25) is 9.89 Å². The van der Waals surface area contributed by atoms with Gasteiger partial charge in [0, 0.05) is 17.8 Å². The lowest BCUT2D eigenvalue weighted by molar-refractivity contribution is -0.127. The number of amides is 1. The van der Waals surface area contributed by atoms with Crippen LogP contribution in [0.15, 0.2) is 6.20 Å². The number of hydrogen-bond donors (Lipinski definition) is 3. The molecule has 6 heteroatoms. The second-order valence-electron chi connectivity index (χ2n) is 4.25. The van der Waals surface area contributed by atoms with Gasteiger partial charge in [-0.2, -0.15) is 5.10 Å². The van der Waals surface area contributed by atoms with Gasteiger partial charge < -0.3 is 11.1 Å². The molecule has 4 N–H and O–H groups in total. The van der Waals surface area contributed by atoms with Crippen LogP contribution in [0.1, 0.15) is 31.5 Å². The van der Waals surface area contributed by atoms with Crippen LogP contribution in [-0.2, 0) is 11.3 Å². The number of rotatable bonds is 5. The Morgan fingerprint density at radius 2 is 2.35 bits per heavy atom. The predicted molar refractivity (Wildman–Crippen MR) is 70.4 cm³/mol. The van der Waals surface area contributed by atoms with E-state index in [0.717, 1.165) is 11.3 Å². The number of hydrogen-bond acceptors (Lipinski definition) is 3. The van der Waals surface area contributed by atoms with E-state index in [1.54, 1.807) is 13.1 Å². The summed E-state index contributed by atoms with van der Waals surface area (Å²) in [6, 6.07) is 0. The maximum Gasteiger partial charge on any atom is 0.233 e. The Morgan fingerprint density at radius 3 is 2.76 bits per heavy atom. The van der Waals surface area contributed by atoms with Gasteiger partial charge in [-0.15, -0.1) is 0 Å². The Hall–Kier alpha value is -1.43. The third-order valence-corrected chi connectivity index (χ3v) is 3.58. The molecule has 1 aromatic rings. The summed E-state index contributed by atoms with van der Waals surface area (Å²) >= 11 is 4.94. The van der Waals surface area contributed by atoms with Crippen molar-refractivity contribution in [1.29, 1.82) is 0 Å². The van der Waals surface area contributed by atoms with Crippen molar-refractivity contribution in [3.63, 3.8) is 0 Å². The fraction of sp³-hybridized carbons (Fsp3) is 0.545. The Labute approximate surface area is 106 Å². The lowest BCUT2D eigenvalue weighted by Crippen LogP contribution is -2.46. The smallest absolute Gasteiger partial charge is 0.233 e. The molecule has 0 fully saturated rings. The molecule has 1 atom stereocenters. The molecule has 0 spiro atoms. The summed E-state index contributed by atoms with van der Waals surface area (Å²) in [5, 5.41) is 9.54. The normalized spacial score (nSPS) is 14.1. The van der Waals surface area contributed by atoms with Crippen LogP contribution in [0, 0.1) is 12.3 Å². The number of nitrogens with zero attached hydrogens (tertiary/aromatic N) is 1. The zero-order valence-electron chi connectivity index (χ0n) is 10.3. The minimum absolute atomic E-state index is 0.145. The maximum atomic E-state index is 12.0. The zero-order valence-corrected chi connectivity index (χ0v) is 11.1. The summed E-state index contributed by atoms with van der Waals surface area (Å²) in [7, 11) is 0. The van der Waals surface area contributed by atoms with Crippen molar-refractivity contribution in [3.8, 4) is 0 Å². The number of aromatic nitrogens is 2. The second kappa shape index (κ2) is 5.27. The second-order valence-corrected chi connectivity index (χ2v) is 4.69. The number of aryl methyl sites for hydroxylation is 1. The third kappa shape index (κ3) is 2.82. The zero-order chi connectivity index (χ0) is 13.1. The van der Waals surface area contributed by atoms with E-state index in [9.17, 15) is 4.79 Å². The molecule has 1 rings (SSSR count). The summed E-state index contributed by atoms with van der Waals surface area (Å²) in [6.45, 7) is 5.98. The molecule has 1 unspecified atom stereocenters. The van der Waals surface area contributed by atoms with Crippen LogP contribution in [0.25, 0.3) is 0 Å². The first-order chi connectivity index (χ1) is 7.91. The van der Waals surface area contributed by atoms with Crippen LogP contribution in [0.5, 0.6) is 0 Å². The van der Waals surface area contributed by atoms with Crippen molar-refractivity contribution < 1.29 is 4.79 Å². The van der Waals surface area contributed by atoms with Crippen LogP contribution in [0.2, 0.25) is 0 Å². The Kier molecular flexibility index (Phi) is 4.22. The van der Waals surface area contributed by atoms with Gasteiger partial charge >= 0.3 is 0 Å². The molecule has 0 aliphatic heterocycles. The van der Waals surface area contributed by atoms with E-state index in [2.05, 4.69) is 15.5 Å². The fourth-order valence-corrected chi connectivity index (χ4v) is 1.61. The van der Waals surface area contributed by atoms with Gasteiger partial charge in [0.25, 0.3) is 0 Å². The average molecular weight is 254 g/mol. The number of thiocarbonyl (C=S) groups is 1. The summed E-state index contributed by atoms with van der Waals surface area (Å²) in [4.78, 5) is 12.3. The number of H-pyrrole nitrogens is 1. The van der Waals surface area contributed by atoms with Gasteiger partial charge in [-0.05, 0) is 20.3 Å². The standard InChI is InChI=1S/C11H18N4OS/c1-4-11(3,9(12)17)10(16)13-5-8-6-14-15-7(8)2/h6H,4-5H2,1-3H3,(H2,12,17)(H,13,16)(H,14,15). The molecule has 0 aromatic carbocycles.